The van der Waals surface area contributed by atoms with E-state index in [4.69, 9.17) is 16.6 Å². The highest BCUT2D eigenvalue weighted by molar-refractivity contribution is 7.80. The zero-order chi connectivity index (χ0) is 18.1. The second-order valence-electron chi connectivity index (χ2n) is 6.70. The Hall–Kier alpha value is -2.66. The predicted octanol–water partition coefficient (Wildman–Crippen LogP) is 4.47. The van der Waals surface area contributed by atoms with Crippen molar-refractivity contribution >= 4 is 34.0 Å². The van der Waals surface area contributed by atoms with Gasteiger partial charge in [-0.15, -0.1) is 0 Å². The molecule has 2 N–H and O–H groups in total. The van der Waals surface area contributed by atoms with Gasteiger partial charge in [0, 0.05) is 23.2 Å². The van der Waals surface area contributed by atoms with E-state index in [9.17, 15) is 4.79 Å². The van der Waals surface area contributed by atoms with E-state index < -0.39 is 0 Å². The first-order chi connectivity index (χ1) is 12.6. The normalized spacial score (nSPS) is 16.1. The maximum atomic E-state index is 11.6. The zero-order valence-corrected chi connectivity index (χ0v) is 15.4. The smallest absolute Gasteiger partial charge is 0.336 e. The first kappa shape index (κ1) is 16.8. The molecule has 1 atom stereocenters. The highest BCUT2D eigenvalue weighted by atomic mass is 32.1. The van der Waals surface area contributed by atoms with Crippen LogP contribution in [-0.4, -0.2) is 5.11 Å². The quantitative estimate of drug-likeness (QED) is 0.519. The lowest BCUT2D eigenvalue weighted by Gasteiger charge is -2.27. The Labute approximate surface area is 157 Å². The first-order valence-electron chi connectivity index (χ1n) is 8.80. The summed E-state index contributed by atoms with van der Waals surface area (Å²) >= 11 is 5.51. The maximum Gasteiger partial charge on any atom is 0.336 e. The van der Waals surface area contributed by atoms with Gasteiger partial charge in [-0.2, -0.15) is 0 Å². The van der Waals surface area contributed by atoms with E-state index in [2.05, 4.69) is 34.9 Å². The summed E-state index contributed by atoms with van der Waals surface area (Å²) in [7, 11) is 0. The summed E-state index contributed by atoms with van der Waals surface area (Å²) in [6.45, 7) is 1.90. The van der Waals surface area contributed by atoms with Crippen molar-refractivity contribution in [2.45, 2.75) is 32.2 Å². The molecule has 0 fully saturated rings. The molecule has 0 bridgehead atoms. The van der Waals surface area contributed by atoms with Crippen LogP contribution in [-0.2, 0) is 6.42 Å². The lowest BCUT2D eigenvalue weighted by molar-refractivity contribution is 0.529. The number of fused-ring (bicyclic) bond motifs is 2. The van der Waals surface area contributed by atoms with Gasteiger partial charge in [-0.25, -0.2) is 4.79 Å². The van der Waals surface area contributed by atoms with Gasteiger partial charge >= 0.3 is 5.63 Å². The zero-order valence-electron chi connectivity index (χ0n) is 14.5. The molecule has 2 aromatic carbocycles. The van der Waals surface area contributed by atoms with Crippen LogP contribution in [0.5, 0.6) is 0 Å². The van der Waals surface area contributed by atoms with Crippen molar-refractivity contribution in [1.82, 2.24) is 5.32 Å². The van der Waals surface area contributed by atoms with E-state index in [-0.39, 0.29) is 11.7 Å². The number of aryl methyl sites for hydroxylation is 2. The molecule has 0 spiro atoms. The third kappa shape index (κ3) is 3.35. The minimum Gasteiger partial charge on any atom is -0.423 e. The predicted molar refractivity (Wildman–Crippen MR) is 109 cm³/mol. The molecule has 4 nitrogen and oxygen atoms in total. The van der Waals surface area contributed by atoms with Crippen molar-refractivity contribution in [3.63, 3.8) is 0 Å². The second kappa shape index (κ2) is 6.92. The Morgan fingerprint density at radius 1 is 1.19 bits per heavy atom. The van der Waals surface area contributed by atoms with Crippen LogP contribution in [0.25, 0.3) is 11.0 Å². The highest BCUT2D eigenvalue weighted by Crippen LogP contribution is 2.29. The van der Waals surface area contributed by atoms with Crippen LogP contribution in [0.15, 0.2) is 57.7 Å². The molecule has 0 saturated heterocycles. The molecule has 0 amide bonds. The fourth-order valence-electron chi connectivity index (χ4n) is 3.63. The molecule has 3 aromatic rings. The molecule has 26 heavy (non-hydrogen) atoms. The molecule has 1 heterocycles. The van der Waals surface area contributed by atoms with Gasteiger partial charge in [-0.05, 0) is 67.2 Å². The number of rotatable bonds is 2. The van der Waals surface area contributed by atoms with Crippen LogP contribution in [0, 0.1) is 6.92 Å². The summed E-state index contributed by atoms with van der Waals surface area (Å²) < 4.78 is 5.30. The van der Waals surface area contributed by atoms with Crippen LogP contribution in [0.1, 0.15) is 35.6 Å². The fourth-order valence-corrected chi connectivity index (χ4v) is 3.89. The number of hydrogen-bond acceptors (Lipinski definition) is 3. The Morgan fingerprint density at radius 2 is 2.04 bits per heavy atom. The molecule has 0 aliphatic heterocycles. The van der Waals surface area contributed by atoms with E-state index in [1.54, 1.807) is 0 Å². The topological polar surface area (TPSA) is 54.3 Å². The van der Waals surface area contributed by atoms with Crippen LogP contribution in [0.3, 0.4) is 0 Å². The summed E-state index contributed by atoms with van der Waals surface area (Å²) in [4.78, 5) is 11.6. The van der Waals surface area contributed by atoms with Crippen LogP contribution in [0.4, 0.5) is 5.69 Å². The summed E-state index contributed by atoms with van der Waals surface area (Å²) in [5.74, 6) is 0. The number of anilines is 1. The molecule has 0 saturated carbocycles. The minimum atomic E-state index is -0.341. The summed E-state index contributed by atoms with van der Waals surface area (Å²) in [5, 5.41) is 8.13. The molecule has 1 aromatic heterocycles. The second-order valence-corrected chi connectivity index (χ2v) is 7.11. The van der Waals surface area contributed by atoms with Crippen molar-refractivity contribution in [3.8, 4) is 0 Å². The standard InChI is InChI=1S/C21H20N2O2S/c1-13-11-20(24)25-19-12-15(9-10-16(13)19)22-21(26)23-18-8-4-6-14-5-2-3-7-17(14)18/h2-3,5,7,9-12,18H,4,6,8H2,1H3,(H2,22,23,26)/t18-/m1/s1. The van der Waals surface area contributed by atoms with Crippen LogP contribution >= 0.6 is 12.2 Å². The summed E-state index contributed by atoms with van der Waals surface area (Å²) in [6.07, 6.45) is 3.33. The van der Waals surface area contributed by atoms with E-state index in [1.165, 1.54) is 17.2 Å². The van der Waals surface area contributed by atoms with Gasteiger partial charge in [-0.3, -0.25) is 0 Å². The molecule has 5 heteroatoms. The van der Waals surface area contributed by atoms with Crippen molar-refractivity contribution in [2.75, 3.05) is 5.32 Å². The Morgan fingerprint density at radius 3 is 2.92 bits per heavy atom. The van der Waals surface area contributed by atoms with Crippen molar-refractivity contribution in [1.29, 1.82) is 0 Å². The Balaban J connectivity index is 1.52. The van der Waals surface area contributed by atoms with Gasteiger partial charge in [0.05, 0.1) is 6.04 Å². The Bertz CT molecular complexity index is 1040. The first-order valence-corrected chi connectivity index (χ1v) is 9.21. The molecule has 4 rings (SSSR count). The largest absolute Gasteiger partial charge is 0.423 e. The van der Waals surface area contributed by atoms with Crippen molar-refractivity contribution < 1.29 is 4.42 Å². The van der Waals surface area contributed by atoms with Crippen molar-refractivity contribution in [2.24, 2.45) is 0 Å². The monoisotopic (exact) mass is 364 g/mol. The lowest BCUT2D eigenvalue weighted by Crippen LogP contribution is -2.34. The lowest BCUT2D eigenvalue weighted by atomic mass is 9.88. The van der Waals surface area contributed by atoms with Crippen LogP contribution in [0.2, 0.25) is 0 Å². The molecular formula is C21H20N2O2S. The van der Waals surface area contributed by atoms with Gasteiger partial charge in [0.2, 0.25) is 0 Å². The number of nitrogens with one attached hydrogen (secondary N) is 2. The van der Waals surface area contributed by atoms with Gasteiger partial charge in [0.1, 0.15) is 5.58 Å². The van der Waals surface area contributed by atoms with Gasteiger partial charge in [0.25, 0.3) is 0 Å². The molecule has 0 unspecified atom stereocenters. The summed E-state index contributed by atoms with van der Waals surface area (Å²) in [6, 6.07) is 15.9. The highest BCUT2D eigenvalue weighted by Gasteiger charge is 2.20. The minimum absolute atomic E-state index is 0.223. The average Bonchev–Trinajstić information content (AvgIpc) is 2.61. The van der Waals surface area contributed by atoms with Gasteiger partial charge in [0.15, 0.2) is 5.11 Å². The van der Waals surface area contributed by atoms with E-state index >= 15 is 0 Å². The number of hydrogen-bond donors (Lipinski definition) is 2. The average molecular weight is 364 g/mol. The third-order valence-corrected chi connectivity index (χ3v) is 5.10. The molecule has 1 aliphatic rings. The van der Waals surface area contributed by atoms with Gasteiger partial charge < -0.3 is 15.1 Å². The maximum absolute atomic E-state index is 11.6. The van der Waals surface area contributed by atoms with E-state index in [1.807, 2.05) is 25.1 Å². The number of benzene rings is 2. The van der Waals surface area contributed by atoms with Gasteiger partial charge in [-0.1, -0.05) is 24.3 Å². The third-order valence-electron chi connectivity index (χ3n) is 4.88. The SMILES string of the molecule is Cc1cc(=O)oc2cc(NC(=S)N[C@@H]3CCCc4ccccc43)ccc12. The molecule has 132 valence electrons. The Kier molecular flexibility index (Phi) is 4.47. The fraction of sp³-hybridized carbons (Fsp3) is 0.238. The van der Waals surface area contributed by atoms with E-state index in [0.717, 1.165) is 35.9 Å². The number of thiocarbonyl (C=S) groups is 1. The molecule has 0 radical (unpaired) electrons. The summed E-state index contributed by atoms with van der Waals surface area (Å²) in [5.41, 5.74) is 4.64. The van der Waals surface area contributed by atoms with E-state index in [0.29, 0.717) is 10.7 Å². The van der Waals surface area contributed by atoms with Crippen molar-refractivity contribution in [3.05, 3.63) is 75.6 Å². The van der Waals surface area contributed by atoms with Crippen LogP contribution < -0.4 is 16.3 Å². The molecular weight excluding hydrogens is 344 g/mol. The molecule has 1 aliphatic carbocycles.